The highest BCUT2D eigenvalue weighted by Gasteiger charge is 2.24. The molecule has 3 aromatic rings. The average Bonchev–Trinajstić information content (AvgIpc) is 3.17. The van der Waals surface area contributed by atoms with Crippen LogP contribution in [0.25, 0.3) is 10.2 Å². The van der Waals surface area contributed by atoms with Crippen molar-refractivity contribution in [2.24, 2.45) is 0 Å². The largest absolute Gasteiger partial charge is 0.494 e. The number of anilines is 1. The van der Waals surface area contributed by atoms with Gasteiger partial charge in [0, 0.05) is 5.56 Å². The van der Waals surface area contributed by atoms with Gasteiger partial charge in [-0.05, 0) is 50.6 Å². The molecule has 0 saturated heterocycles. The van der Waals surface area contributed by atoms with E-state index in [0.717, 1.165) is 35.4 Å². The molecule has 0 fully saturated rings. The molecule has 0 aliphatic carbocycles. The number of methoxy groups -OCH3 is 1. The van der Waals surface area contributed by atoms with Gasteiger partial charge in [0.2, 0.25) is 0 Å². The van der Waals surface area contributed by atoms with Crippen LogP contribution < -0.4 is 14.5 Å². The van der Waals surface area contributed by atoms with Gasteiger partial charge in [0.1, 0.15) is 17.1 Å². The Bertz CT molecular complexity index is 1000. The predicted molar refractivity (Wildman–Crippen MR) is 116 cm³/mol. The maximum Gasteiger partial charge on any atom is 0.260 e. The highest BCUT2D eigenvalue weighted by molar-refractivity contribution is 7.22. The topological polar surface area (TPSA) is 46.9 Å². The Morgan fingerprint density at radius 3 is 2.66 bits per heavy atom. The molecule has 2 aromatic carbocycles. The number of nitrogens with one attached hydrogen (secondary N) is 1. The molecule has 154 valence electrons. The number of fused-ring (bicyclic) bond motifs is 1. The molecule has 1 heterocycles. The van der Waals surface area contributed by atoms with E-state index in [-0.39, 0.29) is 5.91 Å². The molecule has 1 amide bonds. The quantitative estimate of drug-likeness (QED) is 0.613. The SMILES string of the molecule is CC[NH+](CC)CCN(C(=O)c1cccc(F)c1)c1nc2c(OC)ccc(C)c2s1. The monoisotopic (exact) mass is 416 g/mol. The zero-order valence-electron chi connectivity index (χ0n) is 17.3. The second-order valence-corrected chi connectivity index (χ2v) is 7.91. The van der Waals surface area contributed by atoms with E-state index in [2.05, 4.69) is 13.8 Å². The van der Waals surface area contributed by atoms with Crippen LogP contribution in [0.3, 0.4) is 0 Å². The third kappa shape index (κ3) is 4.57. The number of aryl methyl sites for hydroxylation is 1. The number of thiazole rings is 1. The number of nitrogens with zero attached hydrogens (tertiary/aromatic N) is 2. The molecule has 0 atom stereocenters. The van der Waals surface area contributed by atoms with E-state index in [0.29, 0.717) is 23.0 Å². The van der Waals surface area contributed by atoms with Gasteiger partial charge in [-0.15, -0.1) is 0 Å². The first-order valence-electron chi connectivity index (χ1n) is 9.83. The second kappa shape index (κ2) is 9.33. The van der Waals surface area contributed by atoms with Crippen LogP contribution in [0.1, 0.15) is 29.8 Å². The Kier molecular flexibility index (Phi) is 6.82. The van der Waals surface area contributed by atoms with E-state index < -0.39 is 5.82 Å². The van der Waals surface area contributed by atoms with Crippen LogP contribution in [0.4, 0.5) is 9.52 Å². The number of halogens is 1. The van der Waals surface area contributed by atoms with Crippen LogP contribution in [-0.4, -0.2) is 44.2 Å². The van der Waals surface area contributed by atoms with Crippen molar-refractivity contribution < 1.29 is 18.8 Å². The summed E-state index contributed by atoms with van der Waals surface area (Å²) in [5.74, 6) is 0.0133. The first-order valence-corrected chi connectivity index (χ1v) is 10.6. The van der Waals surface area contributed by atoms with Gasteiger partial charge in [0.05, 0.1) is 38.0 Å². The lowest BCUT2D eigenvalue weighted by Gasteiger charge is -2.23. The third-order valence-corrected chi connectivity index (χ3v) is 6.36. The Morgan fingerprint density at radius 2 is 2.00 bits per heavy atom. The fourth-order valence-electron chi connectivity index (χ4n) is 3.31. The van der Waals surface area contributed by atoms with E-state index >= 15 is 0 Å². The first kappa shape index (κ1) is 21.2. The Morgan fingerprint density at radius 1 is 1.24 bits per heavy atom. The van der Waals surface area contributed by atoms with Gasteiger partial charge in [0.25, 0.3) is 5.91 Å². The van der Waals surface area contributed by atoms with Crippen molar-refractivity contribution in [3.05, 3.63) is 53.3 Å². The molecule has 0 unspecified atom stereocenters. The number of hydrogen-bond donors (Lipinski definition) is 1. The standard InChI is InChI=1S/C22H26FN3O2S/c1-5-25(6-2)12-13-26(21(27)16-8-7-9-17(23)14-16)22-24-19-18(28-4)11-10-15(3)20(19)29-22/h7-11,14H,5-6,12-13H2,1-4H3/p+1. The second-order valence-electron chi connectivity index (χ2n) is 6.93. The van der Waals surface area contributed by atoms with Crippen molar-refractivity contribution >= 4 is 32.6 Å². The Balaban J connectivity index is 2.03. The zero-order chi connectivity index (χ0) is 21.0. The van der Waals surface area contributed by atoms with Gasteiger partial charge in [-0.3, -0.25) is 9.69 Å². The van der Waals surface area contributed by atoms with Crippen molar-refractivity contribution in [3.63, 3.8) is 0 Å². The molecular formula is C22H27FN3O2S+. The van der Waals surface area contributed by atoms with E-state index in [1.54, 1.807) is 24.1 Å². The van der Waals surface area contributed by atoms with Crippen molar-refractivity contribution in [2.75, 3.05) is 38.2 Å². The molecule has 0 radical (unpaired) electrons. The summed E-state index contributed by atoms with van der Waals surface area (Å²) in [6.45, 7) is 9.53. The molecule has 3 rings (SSSR count). The molecule has 0 bridgehead atoms. The summed E-state index contributed by atoms with van der Waals surface area (Å²) in [5, 5.41) is 0.605. The van der Waals surface area contributed by atoms with E-state index in [4.69, 9.17) is 9.72 Å². The Hall–Kier alpha value is -2.51. The van der Waals surface area contributed by atoms with Crippen LogP contribution >= 0.6 is 11.3 Å². The van der Waals surface area contributed by atoms with Gasteiger partial charge in [-0.25, -0.2) is 9.37 Å². The fraction of sp³-hybridized carbons (Fsp3) is 0.364. The first-order chi connectivity index (χ1) is 14.0. The highest BCUT2D eigenvalue weighted by Crippen LogP contribution is 2.36. The van der Waals surface area contributed by atoms with E-state index in [1.165, 1.54) is 28.4 Å². The number of amides is 1. The number of quaternary nitrogens is 1. The normalized spacial score (nSPS) is 11.2. The molecule has 0 saturated carbocycles. The fourth-order valence-corrected chi connectivity index (χ4v) is 4.39. The Labute approximate surface area is 174 Å². The molecule has 0 spiro atoms. The van der Waals surface area contributed by atoms with Crippen LogP contribution in [0.2, 0.25) is 0 Å². The molecular weight excluding hydrogens is 389 g/mol. The maximum atomic E-state index is 13.7. The summed E-state index contributed by atoms with van der Waals surface area (Å²) in [7, 11) is 1.61. The van der Waals surface area contributed by atoms with Gasteiger partial charge in [0.15, 0.2) is 5.13 Å². The zero-order valence-corrected chi connectivity index (χ0v) is 18.1. The number of carbonyl (C=O) groups excluding carboxylic acids is 1. The van der Waals surface area contributed by atoms with E-state index in [9.17, 15) is 9.18 Å². The summed E-state index contributed by atoms with van der Waals surface area (Å²) >= 11 is 1.47. The molecule has 0 aliphatic rings. The number of likely N-dealkylation sites (N-methyl/N-ethyl adjacent to an activating group) is 1. The molecule has 1 aromatic heterocycles. The van der Waals surface area contributed by atoms with E-state index in [1.807, 2.05) is 19.1 Å². The summed E-state index contributed by atoms with van der Waals surface area (Å²) in [6, 6.07) is 9.69. The van der Waals surface area contributed by atoms with Crippen molar-refractivity contribution in [2.45, 2.75) is 20.8 Å². The van der Waals surface area contributed by atoms with Gasteiger partial charge in [-0.1, -0.05) is 23.5 Å². The van der Waals surface area contributed by atoms with Crippen LogP contribution in [0, 0.1) is 12.7 Å². The lowest BCUT2D eigenvalue weighted by molar-refractivity contribution is -0.894. The van der Waals surface area contributed by atoms with Crippen molar-refractivity contribution in [1.29, 1.82) is 0 Å². The highest BCUT2D eigenvalue weighted by atomic mass is 32.1. The minimum atomic E-state index is -0.424. The maximum absolute atomic E-state index is 13.7. The molecule has 5 nitrogen and oxygen atoms in total. The van der Waals surface area contributed by atoms with Crippen molar-refractivity contribution in [1.82, 2.24) is 4.98 Å². The number of rotatable bonds is 8. The smallest absolute Gasteiger partial charge is 0.260 e. The molecule has 1 N–H and O–H groups in total. The number of ether oxygens (including phenoxy) is 1. The van der Waals surface area contributed by atoms with Crippen molar-refractivity contribution in [3.8, 4) is 5.75 Å². The summed E-state index contributed by atoms with van der Waals surface area (Å²) in [6.07, 6.45) is 0. The van der Waals surface area contributed by atoms with Crippen LogP contribution in [-0.2, 0) is 0 Å². The summed E-state index contributed by atoms with van der Waals surface area (Å²) in [5.41, 5.74) is 2.15. The van der Waals surface area contributed by atoms with Gasteiger partial charge in [-0.2, -0.15) is 0 Å². The molecule has 29 heavy (non-hydrogen) atoms. The van der Waals surface area contributed by atoms with Crippen LogP contribution in [0.5, 0.6) is 5.75 Å². The number of benzene rings is 2. The molecule has 0 aliphatic heterocycles. The molecule has 7 heteroatoms. The summed E-state index contributed by atoms with van der Waals surface area (Å²) in [4.78, 5) is 21.1. The third-order valence-electron chi connectivity index (χ3n) is 5.15. The minimum Gasteiger partial charge on any atom is -0.494 e. The summed E-state index contributed by atoms with van der Waals surface area (Å²) < 4.78 is 20.2. The average molecular weight is 417 g/mol. The lowest BCUT2D eigenvalue weighted by Crippen LogP contribution is -3.12. The van der Waals surface area contributed by atoms with Crippen LogP contribution in [0.15, 0.2) is 36.4 Å². The number of aromatic nitrogens is 1. The minimum absolute atomic E-state index is 0.244. The van der Waals surface area contributed by atoms with Gasteiger partial charge < -0.3 is 9.64 Å². The predicted octanol–water partition coefficient (Wildman–Crippen LogP) is 3.32. The number of carbonyl (C=O) groups is 1. The lowest BCUT2D eigenvalue weighted by atomic mass is 10.2. The number of hydrogen-bond acceptors (Lipinski definition) is 4. The van der Waals surface area contributed by atoms with Gasteiger partial charge >= 0.3 is 0 Å².